The Morgan fingerprint density at radius 2 is 1.94 bits per heavy atom. The lowest BCUT2D eigenvalue weighted by Crippen LogP contribution is -2.24. The number of fused-ring (bicyclic) bond motifs is 1. The third-order valence-corrected chi connectivity index (χ3v) is 5.24. The molecular weight excluding hydrogens is 400 g/mol. The number of amidine groups is 1. The maximum Gasteiger partial charge on any atom is 0.211 e. The standard InChI is InChI=1S/C26H30N4O2/c1-17(29-16-31)20-8-6-19(7-9-20)12-22-13-21(18(2)30-25(27)10-11-28-5)14-24-23(22)15-26(3,4)32-24/h6-11,13-14,16,28H,1-2,12,15H2,3-5H3,(H2,27,30)(H,29,31)/b11-10-. The van der Waals surface area contributed by atoms with Gasteiger partial charge in [-0.2, -0.15) is 0 Å². The van der Waals surface area contributed by atoms with Crippen molar-refractivity contribution in [3.63, 3.8) is 0 Å². The van der Waals surface area contributed by atoms with E-state index < -0.39 is 0 Å². The Bertz CT molecular complexity index is 1100. The van der Waals surface area contributed by atoms with Gasteiger partial charge in [0.25, 0.3) is 0 Å². The van der Waals surface area contributed by atoms with E-state index in [1.807, 2.05) is 30.3 Å². The molecule has 0 aliphatic carbocycles. The average molecular weight is 431 g/mol. The number of amides is 1. The molecule has 0 saturated carbocycles. The van der Waals surface area contributed by atoms with Crippen LogP contribution in [0.25, 0.3) is 11.4 Å². The lowest BCUT2D eigenvalue weighted by Gasteiger charge is -2.16. The summed E-state index contributed by atoms with van der Waals surface area (Å²) < 4.78 is 6.21. The van der Waals surface area contributed by atoms with Crippen LogP contribution in [0.5, 0.6) is 5.75 Å². The molecule has 32 heavy (non-hydrogen) atoms. The van der Waals surface area contributed by atoms with E-state index in [4.69, 9.17) is 10.5 Å². The molecule has 6 heteroatoms. The summed E-state index contributed by atoms with van der Waals surface area (Å²) in [6.07, 6.45) is 5.60. The number of nitrogens with one attached hydrogen (secondary N) is 2. The first kappa shape index (κ1) is 22.9. The number of benzene rings is 2. The van der Waals surface area contributed by atoms with Crippen LogP contribution in [0.2, 0.25) is 0 Å². The second kappa shape index (κ2) is 9.56. The van der Waals surface area contributed by atoms with E-state index in [0.717, 1.165) is 35.3 Å². The minimum Gasteiger partial charge on any atom is -0.487 e. The maximum atomic E-state index is 10.6. The van der Waals surface area contributed by atoms with Gasteiger partial charge in [0.05, 0.1) is 5.70 Å². The minimum atomic E-state index is -0.267. The van der Waals surface area contributed by atoms with Crippen LogP contribution in [0.1, 0.15) is 41.7 Å². The van der Waals surface area contributed by atoms with Gasteiger partial charge >= 0.3 is 0 Å². The molecule has 0 bridgehead atoms. The van der Waals surface area contributed by atoms with Crippen LogP contribution in [0, 0.1) is 0 Å². The van der Waals surface area contributed by atoms with Gasteiger partial charge in [0, 0.05) is 30.3 Å². The summed E-state index contributed by atoms with van der Waals surface area (Å²) in [5, 5.41) is 5.48. The second-order valence-electron chi connectivity index (χ2n) is 8.37. The first-order chi connectivity index (χ1) is 15.2. The number of carbonyl (C=O) groups is 1. The Morgan fingerprint density at radius 1 is 1.22 bits per heavy atom. The first-order valence-electron chi connectivity index (χ1n) is 10.4. The monoisotopic (exact) mass is 430 g/mol. The van der Waals surface area contributed by atoms with Crippen LogP contribution in [-0.2, 0) is 17.6 Å². The van der Waals surface area contributed by atoms with Gasteiger partial charge in [-0.25, -0.2) is 4.99 Å². The van der Waals surface area contributed by atoms with Gasteiger partial charge in [-0.1, -0.05) is 37.4 Å². The number of nitrogens with zero attached hydrogens (tertiary/aromatic N) is 1. The molecule has 1 aliphatic rings. The number of rotatable bonds is 9. The van der Waals surface area contributed by atoms with Crippen molar-refractivity contribution in [2.75, 3.05) is 7.05 Å². The summed E-state index contributed by atoms with van der Waals surface area (Å²) in [5.74, 6) is 1.23. The van der Waals surface area contributed by atoms with Crippen LogP contribution in [-0.4, -0.2) is 24.9 Å². The summed E-state index contributed by atoms with van der Waals surface area (Å²) in [5.41, 5.74) is 12.1. The van der Waals surface area contributed by atoms with Crippen molar-refractivity contribution in [1.29, 1.82) is 0 Å². The minimum absolute atomic E-state index is 0.267. The molecule has 0 atom stereocenters. The summed E-state index contributed by atoms with van der Waals surface area (Å²) in [4.78, 5) is 15.1. The zero-order valence-electron chi connectivity index (χ0n) is 18.9. The summed E-state index contributed by atoms with van der Waals surface area (Å²) in [7, 11) is 1.80. The van der Waals surface area contributed by atoms with Crippen molar-refractivity contribution in [3.05, 3.63) is 89.6 Å². The highest BCUT2D eigenvalue weighted by atomic mass is 16.5. The molecule has 1 amide bonds. The third-order valence-electron chi connectivity index (χ3n) is 5.24. The van der Waals surface area contributed by atoms with Crippen LogP contribution >= 0.6 is 0 Å². The predicted molar refractivity (Wildman–Crippen MR) is 131 cm³/mol. The molecule has 4 N–H and O–H groups in total. The molecule has 166 valence electrons. The van der Waals surface area contributed by atoms with E-state index in [0.29, 0.717) is 23.6 Å². The SMILES string of the molecule is C=C(N=C(N)/C=C\NC)c1cc(Cc2ccc(C(=C)NC=O)cc2)c2c(c1)OC(C)(C)C2. The van der Waals surface area contributed by atoms with Crippen molar-refractivity contribution in [3.8, 4) is 5.75 Å². The highest BCUT2D eigenvalue weighted by molar-refractivity contribution is 5.95. The molecule has 3 rings (SSSR count). The Morgan fingerprint density at radius 3 is 2.59 bits per heavy atom. The van der Waals surface area contributed by atoms with Crippen molar-refractivity contribution < 1.29 is 9.53 Å². The molecule has 0 fully saturated rings. The van der Waals surface area contributed by atoms with Gasteiger partial charge < -0.3 is 21.1 Å². The average Bonchev–Trinajstić information content (AvgIpc) is 3.07. The second-order valence-corrected chi connectivity index (χ2v) is 8.37. The van der Waals surface area contributed by atoms with E-state index in [1.54, 1.807) is 19.3 Å². The highest BCUT2D eigenvalue weighted by Gasteiger charge is 2.32. The maximum absolute atomic E-state index is 10.6. The Hall–Kier alpha value is -3.80. The molecule has 6 nitrogen and oxygen atoms in total. The van der Waals surface area contributed by atoms with E-state index in [2.05, 4.69) is 48.7 Å². The number of carbonyl (C=O) groups excluding carboxylic acids is 1. The summed E-state index contributed by atoms with van der Waals surface area (Å²) in [6, 6.07) is 12.1. The Labute approximate surface area is 189 Å². The van der Waals surface area contributed by atoms with Crippen molar-refractivity contribution in [2.24, 2.45) is 10.7 Å². The molecule has 2 aromatic rings. The quantitative estimate of drug-likeness (QED) is 0.321. The molecule has 0 aromatic heterocycles. The van der Waals surface area contributed by atoms with Gasteiger partial charge in [-0.3, -0.25) is 4.79 Å². The molecule has 0 unspecified atom stereocenters. The van der Waals surface area contributed by atoms with Gasteiger partial charge in [0.1, 0.15) is 17.2 Å². The zero-order chi connectivity index (χ0) is 23.3. The van der Waals surface area contributed by atoms with Crippen molar-refractivity contribution in [1.82, 2.24) is 10.6 Å². The molecular formula is C26H30N4O2. The van der Waals surface area contributed by atoms with Gasteiger partial charge in [0.15, 0.2) is 0 Å². The summed E-state index contributed by atoms with van der Waals surface area (Å²) in [6.45, 7) is 12.1. The Kier molecular flexibility index (Phi) is 6.83. The van der Waals surface area contributed by atoms with Gasteiger partial charge in [-0.15, -0.1) is 0 Å². The first-order valence-corrected chi connectivity index (χ1v) is 10.4. The fraction of sp³-hybridized carbons (Fsp3) is 0.231. The lowest BCUT2D eigenvalue weighted by atomic mass is 9.91. The smallest absolute Gasteiger partial charge is 0.211 e. The van der Waals surface area contributed by atoms with E-state index in [-0.39, 0.29) is 5.60 Å². The number of ether oxygens (including phenoxy) is 1. The van der Waals surface area contributed by atoms with Crippen LogP contribution in [0.4, 0.5) is 0 Å². The van der Waals surface area contributed by atoms with Crippen molar-refractivity contribution >= 4 is 23.6 Å². The molecule has 0 spiro atoms. The molecule has 1 aliphatic heterocycles. The van der Waals surface area contributed by atoms with E-state index in [9.17, 15) is 4.79 Å². The number of nitrogens with two attached hydrogens (primary N) is 1. The van der Waals surface area contributed by atoms with Crippen LogP contribution in [0.3, 0.4) is 0 Å². The number of aliphatic imine (C=N–C) groups is 1. The van der Waals surface area contributed by atoms with Crippen LogP contribution < -0.4 is 21.1 Å². The third kappa shape index (κ3) is 5.46. The predicted octanol–water partition coefficient (Wildman–Crippen LogP) is 3.77. The highest BCUT2D eigenvalue weighted by Crippen LogP contribution is 2.40. The molecule has 0 radical (unpaired) electrons. The fourth-order valence-electron chi connectivity index (χ4n) is 3.70. The lowest BCUT2D eigenvalue weighted by molar-refractivity contribution is -0.108. The van der Waals surface area contributed by atoms with Crippen LogP contribution in [0.15, 0.2) is 66.8 Å². The van der Waals surface area contributed by atoms with Crippen molar-refractivity contribution in [2.45, 2.75) is 32.3 Å². The van der Waals surface area contributed by atoms with Gasteiger partial charge in [0.2, 0.25) is 6.41 Å². The van der Waals surface area contributed by atoms with E-state index >= 15 is 0 Å². The molecule has 2 aromatic carbocycles. The Balaban J connectivity index is 1.93. The van der Waals surface area contributed by atoms with Gasteiger partial charge in [-0.05, 0) is 61.4 Å². The normalized spacial score (nSPS) is 14.5. The fourth-order valence-corrected chi connectivity index (χ4v) is 3.70. The summed E-state index contributed by atoms with van der Waals surface area (Å²) >= 11 is 0. The number of hydrogen-bond acceptors (Lipinski definition) is 4. The largest absolute Gasteiger partial charge is 0.487 e. The molecule has 1 heterocycles. The van der Waals surface area contributed by atoms with E-state index in [1.165, 1.54) is 11.1 Å². The topological polar surface area (TPSA) is 88.7 Å². The number of hydrogen-bond donors (Lipinski definition) is 3. The zero-order valence-corrected chi connectivity index (χ0v) is 18.9. The molecule has 0 saturated heterocycles.